The number of hydrogen-bond donors (Lipinski definition) is 0. The molecule has 0 N–H and O–H groups in total. The maximum atomic E-state index is 12.5. The van der Waals surface area contributed by atoms with Crippen molar-refractivity contribution in [3.05, 3.63) is 54.6 Å². The second-order valence-corrected chi connectivity index (χ2v) is 4.99. The highest BCUT2D eigenvalue weighted by Gasteiger charge is 2.29. The van der Waals surface area contributed by atoms with Crippen LogP contribution in [0.2, 0.25) is 0 Å². The summed E-state index contributed by atoms with van der Waals surface area (Å²) in [5.41, 5.74) is 0.804. The van der Waals surface area contributed by atoms with Gasteiger partial charge in [0, 0.05) is 0 Å². The molecule has 3 rings (SSSR count). The molecule has 21 heavy (non-hydrogen) atoms. The second kappa shape index (κ2) is 5.87. The van der Waals surface area contributed by atoms with Crippen LogP contribution in [0.4, 0.5) is 5.69 Å². The highest BCUT2D eigenvalue weighted by Crippen LogP contribution is 2.33. The third kappa shape index (κ3) is 2.84. The maximum Gasteiger partial charge on any atom is 0.265 e. The molecule has 1 heterocycles. The minimum atomic E-state index is -0.0675. The molecule has 1 aliphatic heterocycles. The molecule has 0 aromatic heterocycles. The highest BCUT2D eigenvalue weighted by atomic mass is 16.5. The van der Waals surface area contributed by atoms with Gasteiger partial charge in [0.05, 0.1) is 11.7 Å². The predicted molar refractivity (Wildman–Crippen MR) is 80.8 cm³/mol. The molecule has 4 heteroatoms. The van der Waals surface area contributed by atoms with E-state index in [2.05, 4.69) is 0 Å². The first-order valence-electron chi connectivity index (χ1n) is 6.97. The monoisotopic (exact) mass is 283 g/mol. The van der Waals surface area contributed by atoms with E-state index in [9.17, 15) is 4.79 Å². The number of para-hydroxylation sites is 3. The van der Waals surface area contributed by atoms with E-state index in [0.29, 0.717) is 12.4 Å². The molecule has 0 fully saturated rings. The lowest BCUT2D eigenvalue weighted by atomic mass is 10.1. The summed E-state index contributed by atoms with van der Waals surface area (Å²) in [6, 6.07) is 16.9. The van der Waals surface area contributed by atoms with E-state index in [1.165, 1.54) is 0 Å². The quantitative estimate of drug-likeness (QED) is 0.869. The molecule has 1 aliphatic rings. The molecule has 1 amide bonds. The predicted octanol–water partition coefficient (Wildman–Crippen LogP) is 2.88. The van der Waals surface area contributed by atoms with Crippen LogP contribution in [0.25, 0.3) is 0 Å². The Bertz CT molecular complexity index is 627. The Morgan fingerprint density at radius 2 is 1.90 bits per heavy atom. The average Bonchev–Trinajstić information content (AvgIpc) is 2.53. The number of amides is 1. The third-order valence-electron chi connectivity index (χ3n) is 3.42. The van der Waals surface area contributed by atoms with Crippen molar-refractivity contribution in [3.63, 3.8) is 0 Å². The van der Waals surface area contributed by atoms with E-state index in [-0.39, 0.29) is 18.6 Å². The summed E-state index contributed by atoms with van der Waals surface area (Å²) >= 11 is 0. The first kappa shape index (κ1) is 13.5. The fourth-order valence-corrected chi connectivity index (χ4v) is 2.41. The molecule has 0 saturated carbocycles. The van der Waals surface area contributed by atoms with Crippen LogP contribution in [-0.2, 0) is 4.79 Å². The summed E-state index contributed by atoms with van der Waals surface area (Å²) in [5, 5.41) is 0. The Morgan fingerprint density at radius 3 is 2.71 bits per heavy atom. The van der Waals surface area contributed by atoms with Gasteiger partial charge < -0.3 is 9.47 Å². The highest BCUT2D eigenvalue weighted by molar-refractivity contribution is 5.96. The zero-order valence-corrected chi connectivity index (χ0v) is 11.9. The second-order valence-electron chi connectivity index (χ2n) is 4.99. The number of rotatable bonds is 3. The van der Waals surface area contributed by atoms with Crippen LogP contribution in [0.1, 0.15) is 6.92 Å². The molecular weight excluding hydrogens is 266 g/mol. The standard InChI is InChI=1S/C17H17NO3/c1-13-11-21-16-10-6-5-9-15(16)18(13)17(19)12-20-14-7-3-2-4-8-14/h2-10,13H,11-12H2,1H3. The summed E-state index contributed by atoms with van der Waals surface area (Å²) in [4.78, 5) is 14.2. The van der Waals surface area contributed by atoms with Gasteiger partial charge in [-0.15, -0.1) is 0 Å². The largest absolute Gasteiger partial charge is 0.489 e. The lowest BCUT2D eigenvalue weighted by Gasteiger charge is -2.34. The van der Waals surface area contributed by atoms with Crippen LogP contribution in [0.3, 0.4) is 0 Å². The van der Waals surface area contributed by atoms with Crippen molar-refractivity contribution in [1.82, 2.24) is 0 Å². The number of carbonyl (C=O) groups excluding carboxylic acids is 1. The van der Waals surface area contributed by atoms with E-state index in [4.69, 9.17) is 9.47 Å². The van der Waals surface area contributed by atoms with Gasteiger partial charge in [0.1, 0.15) is 18.1 Å². The molecular formula is C17H17NO3. The number of fused-ring (bicyclic) bond motifs is 1. The molecule has 2 aromatic rings. The normalized spacial score (nSPS) is 16.8. The smallest absolute Gasteiger partial charge is 0.265 e. The summed E-state index contributed by atoms with van der Waals surface area (Å²) in [7, 11) is 0. The molecule has 0 spiro atoms. The van der Waals surface area contributed by atoms with Gasteiger partial charge in [-0.25, -0.2) is 0 Å². The number of carbonyl (C=O) groups is 1. The van der Waals surface area contributed by atoms with Crippen molar-refractivity contribution in [2.45, 2.75) is 13.0 Å². The molecule has 1 atom stereocenters. The molecule has 0 saturated heterocycles. The molecule has 0 bridgehead atoms. The van der Waals surface area contributed by atoms with Crippen LogP contribution < -0.4 is 14.4 Å². The van der Waals surface area contributed by atoms with Crippen LogP contribution in [0, 0.1) is 0 Å². The molecule has 4 nitrogen and oxygen atoms in total. The lowest BCUT2D eigenvalue weighted by molar-refractivity contribution is -0.121. The number of nitrogens with zero attached hydrogens (tertiary/aromatic N) is 1. The number of hydrogen-bond acceptors (Lipinski definition) is 3. The number of benzene rings is 2. The van der Waals surface area contributed by atoms with Crippen LogP contribution >= 0.6 is 0 Å². The van der Waals surface area contributed by atoms with Crippen molar-refractivity contribution in [2.24, 2.45) is 0 Å². The molecule has 0 aliphatic carbocycles. The van der Waals surface area contributed by atoms with E-state index in [0.717, 1.165) is 11.4 Å². The van der Waals surface area contributed by atoms with Crippen molar-refractivity contribution >= 4 is 11.6 Å². The summed E-state index contributed by atoms with van der Waals surface area (Å²) in [6.07, 6.45) is 0. The van der Waals surface area contributed by atoms with Gasteiger partial charge in [0.15, 0.2) is 6.61 Å². The van der Waals surface area contributed by atoms with Crippen molar-refractivity contribution in [1.29, 1.82) is 0 Å². The third-order valence-corrected chi connectivity index (χ3v) is 3.42. The van der Waals surface area contributed by atoms with E-state index in [1.807, 2.05) is 61.5 Å². The summed E-state index contributed by atoms with van der Waals surface area (Å²) in [6.45, 7) is 2.48. The van der Waals surface area contributed by atoms with Gasteiger partial charge in [-0.05, 0) is 31.2 Å². The van der Waals surface area contributed by atoms with Crippen molar-refractivity contribution in [2.75, 3.05) is 18.1 Å². The SMILES string of the molecule is CC1COc2ccccc2N1C(=O)COc1ccccc1. The fourth-order valence-electron chi connectivity index (χ4n) is 2.41. The van der Waals surface area contributed by atoms with Gasteiger partial charge >= 0.3 is 0 Å². The van der Waals surface area contributed by atoms with Crippen LogP contribution in [0.5, 0.6) is 11.5 Å². The molecule has 108 valence electrons. The Balaban J connectivity index is 1.75. The molecule has 2 aromatic carbocycles. The average molecular weight is 283 g/mol. The zero-order valence-electron chi connectivity index (χ0n) is 11.9. The number of anilines is 1. The number of ether oxygens (including phenoxy) is 2. The Hall–Kier alpha value is -2.49. The maximum absolute atomic E-state index is 12.5. The van der Waals surface area contributed by atoms with E-state index >= 15 is 0 Å². The van der Waals surface area contributed by atoms with Gasteiger partial charge in [0.25, 0.3) is 5.91 Å². The minimum Gasteiger partial charge on any atom is -0.489 e. The van der Waals surface area contributed by atoms with Crippen LogP contribution in [0.15, 0.2) is 54.6 Å². The van der Waals surface area contributed by atoms with E-state index < -0.39 is 0 Å². The van der Waals surface area contributed by atoms with Crippen molar-refractivity contribution < 1.29 is 14.3 Å². The first-order valence-corrected chi connectivity index (χ1v) is 6.97. The van der Waals surface area contributed by atoms with Gasteiger partial charge in [-0.3, -0.25) is 9.69 Å². The van der Waals surface area contributed by atoms with Gasteiger partial charge in [0.2, 0.25) is 0 Å². The van der Waals surface area contributed by atoms with Crippen molar-refractivity contribution in [3.8, 4) is 11.5 Å². The van der Waals surface area contributed by atoms with E-state index in [1.54, 1.807) is 4.90 Å². The molecule has 0 radical (unpaired) electrons. The first-order chi connectivity index (χ1) is 10.3. The zero-order chi connectivity index (χ0) is 14.7. The Morgan fingerprint density at radius 1 is 1.19 bits per heavy atom. The topological polar surface area (TPSA) is 38.8 Å². The Kier molecular flexibility index (Phi) is 3.77. The summed E-state index contributed by atoms with van der Waals surface area (Å²) in [5.74, 6) is 1.37. The van der Waals surface area contributed by atoms with Gasteiger partial charge in [-0.2, -0.15) is 0 Å². The lowest BCUT2D eigenvalue weighted by Crippen LogP contribution is -2.47. The minimum absolute atomic E-state index is 0.00762. The van der Waals surface area contributed by atoms with Crippen LogP contribution in [-0.4, -0.2) is 25.2 Å². The Labute approximate surface area is 123 Å². The summed E-state index contributed by atoms with van der Waals surface area (Å²) < 4.78 is 11.2. The van der Waals surface area contributed by atoms with Gasteiger partial charge in [-0.1, -0.05) is 30.3 Å². The fraction of sp³-hybridized carbons (Fsp3) is 0.235. The molecule has 1 unspecified atom stereocenters.